The van der Waals surface area contributed by atoms with Gasteiger partial charge in [-0.3, -0.25) is 0 Å². The summed E-state index contributed by atoms with van der Waals surface area (Å²) in [5.41, 5.74) is 1.35. The smallest absolute Gasteiger partial charge is 0.0205 e. The number of nitrogens with one attached hydrogen (secondary N) is 1. The molecule has 0 bridgehead atoms. The first-order valence-corrected chi connectivity index (χ1v) is 4.79. The van der Waals surface area contributed by atoms with Crippen molar-refractivity contribution in [1.82, 2.24) is 5.32 Å². The molecule has 0 saturated heterocycles. The lowest BCUT2D eigenvalue weighted by atomic mass is 10.2. The molecule has 1 rings (SSSR count). The number of allylic oxidation sites excluding steroid dienone is 1. The highest BCUT2D eigenvalue weighted by molar-refractivity contribution is 5.14. The summed E-state index contributed by atoms with van der Waals surface area (Å²) in [6.07, 6.45) is 5.38. The van der Waals surface area contributed by atoms with Crippen LogP contribution in [0.2, 0.25) is 0 Å². The Kier molecular flexibility index (Phi) is 4.95. The minimum Gasteiger partial charge on any atom is -0.312 e. The molecular weight excluding hydrogens is 158 g/mol. The van der Waals surface area contributed by atoms with Gasteiger partial charge in [-0.15, -0.1) is 0 Å². The van der Waals surface area contributed by atoms with Gasteiger partial charge in [-0.2, -0.15) is 0 Å². The predicted molar refractivity (Wildman–Crippen MR) is 57.6 cm³/mol. The first kappa shape index (κ1) is 10.0. The number of rotatable bonds is 5. The molecule has 0 saturated carbocycles. The molecule has 0 heterocycles. The first-order chi connectivity index (χ1) is 6.43. The van der Waals surface area contributed by atoms with Crippen molar-refractivity contribution < 1.29 is 0 Å². The Hall–Kier alpha value is -1.08. The zero-order chi connectivity index (χ0) is 9.36. The molecule has 13 heavy (non-hydrogen) atoms. The van der Waals surface area contributed by atoms with E-state index in [9.17, 15) is 0 Å². The average Bonchev–Trinajstić information content (AvgIpc) is 2.19. The third-order valence-corrected chi connectivity index (χ3v) is 1.90. The molecule has 0 aromatic heterocycles. The van der Waals surface area contributed by atoms with E-state index in [1.54, 1.807) is 0 Å². The SMILES string of the molecule is CC=CCCNCc1ccccc1. The summed E-state index contributed by atoms with van der Waals surface area (Å²) < 4.78 is 0. The van der Waals surface area contributed by atoms with Crippen LogP contribution in [0.4, 0.5) is 0 Å². The van der Waals surface area contributed by atoms with Crippen molar-refractivity contribution in [2.24, 2.45) is 0 Å². The molecule has 0 unspecified atom stereocenters. The molecule has 1 N–H and O–H groups in total. The predicted octanol–water partition coefficient (Wildman–Crippen LogP) is 2.74. The van der Waals surface area contributed by atoms with E-state index in [2.05, 4.69) is 48.7 Å². The fourth-order valence-electron chi connectivity index (χ4n) is 1.18. The van der Waals surface area contributed by atoms with E-state index in [-0.39, 0.29) is 0 Å². The molecule has 0 aliphatic rings. The van der Waals surface area contributed by atoms with E-state index in [4.69, 9.17) is 0 Å². The van der Waals surface area contributed by atoms with Gasteiger partial charge in [0.15, 0.2) is 0 Å². The summed E-state index contributed by atoms with van der Waals surface area (Å²) in [6, 6.07) is 10.5. The van der Waals surface area contributed by atoms with E-state index >= 15 is 0 Å². The Bertz CT molecular complexity index is 239. The molecule has 1 heteroatoms. The Morgan fingerprint density at radius 2 is 2.00 bits per heavy atom. The van der Waals surface area contributed by atoms with E-state index in [1.165, 1.54) is 5.56 Å². The Morgan fingerprint density at radius 1 is 1.23 bits per heavy atom. The lowest BCUT2D eigenvalue weighted by molar-refractivity contribution is 0.695. The number of hydrogen-bond donors (Lipinski definition) is 1. The van der Waals surface area contributed by atoms with Crippen LogP contribution in [0.15, 0.2) is 42.5 Å². The quantitative estimate of drug-likeness (QED) is 0.536. The fourth-order valence-corrected chi connectivity index (χ4v) is 1.18. The molecule has 1 aromatic rings. The molecule has 1 aromatic carbocycles. The van der Waals surface area contributed by atoms with E-state index in [0.29, 0.717) is 0 Å². The topological polar surface area (TPSA) is 12.0 Å². The second-order valence-corrected chi connectivity index (χ2v) is 3.02. The van der Waals surface area contributed by atoms with Crippen LogP contribution in [-0.4, -0.2) is 6.54 Å². The molecule has 0 aliphatic heterocycles. The summed E-state index contributed by atoms with van der Waals surface area (Å²) in [7, 11) is 0. The van der Waals surface area contributed by atoms with E-state index in [1.807, 2.05) is 6.07 Å². The maximum atomic E-state index is 3.39. The molecule has 0 fully saturated rings. The van der Waals surface area contributed by atoms with Crippen molar-refractivity contribution in [3.63, 3.8) is 0 Å². The van der Waals surface area contributed by atoms with Gasteiger partial charge in [-0.05, 0) is 25.5 Å². The first-order valence-electron chi connectivity index (χ1n) is 4.79. The Labute approximate surface area is 80.5 Å². The lowest BCUT2D eigenvalue weighted by Crippen LogP contribution is -2.13. The minimum atomic E-state index is 0.971. The zero-order valence-electron chi connectivity index (χ0n) is 8.16. The van der Waals surface area contributed by atoms with Gasteiger partial charge in [-0.1, -0.05) is 42.5 Å². The van der Waals surface area contributed by atoms with Gasteiger partial charge in [0.05, 0.1) is 0 Å². The molecule has 0 aliphatic carbocycles. The third-order valence-electron chi connectivity index (χ3n) is 1.90. The second-order valence-electron chi connectivity index (χ2n) is 3.02. The van der Waals surface area contributed by atoms with Crippen LogP contribution in [0, 0.1) is 0 Å². The van der Waals surface area contributed by atoms with Gasteiger partial charge in [0.1, 0.15) is 0 Å². The van der Waals surface area contributed by atoms with Crippen LogP contribution in [0.5, 0.6) is 0 Å². The van der Waals surface area contributed by atoms with E-state index in [0.717, 1.165) is 19.5 Å². The standard InChI is InChI=1S/C12H17N/c1-2-3-7-10-13-11-12-8-5-4-6-9-12/h2-6,8-9,13H,7,10-11H2,1H3. The van der Waals surface area contributed by atoms with Gasteiger partial charge in [0.25, 0.3) is 0 Å². The van der Waals surface area contributed by atoms with Gasteiger partial charge in [-0.25, -0.2) is 0 Å². The summed E-state index contributed by atoms with van der Waals surface area (Å²) in [6.45, 7) is 4.08. The van der Waals surface area contributed by atoms with Crippen molar-refractivity contribution in [1.29, 1.82) is 0 Å². The number of hydrogen-bond acceptors (Lipinski definition) is 1. The summed E-state index contributed by atoms with van der Waals surface area (Å²) in [5.74, 6) is 0. The van der Waals surface area contributed by atoms with Gasteiger partial charge in [0.2, 0.25) is 0 Å². The second kappa shape index (κ2) is 6.44. The maximum absolute atomic E-state index is 3.39. The fraction of sp³-hybridized carbons (Fsp3) is 0.333. The highest BCUT2D eigenvalue weighted by atomic mass is 14.8. The van der Waals surface area contributed by atoms with Crippen molar-refractivity contribution in [2.75, 3.05) is 6.54 Å². The highest BCUT2D eigenvalue weighted by Crippen LogP contribution is 1.96. The van der Waals surface area contributed by atoms with Crippen LogP contribution < -0.4 is 5.32 Å². The van der Waals surface area contributed by atoms with Crippen LogP contribution in [0.3, 0.4) is 0 Å². The zero-order valence-corrected chi connectivity index (χ0v) is 8.16. The van der Waals surface area contributed by atoms with Crippen molar-refractivity contribution in [3.05, 3.63) is 48.0 Å². The molecule has 1 nitrogen and oxygen atoms in total. The molecule has 0 atom stereocenters. The van der Waals surface area contributed by atoms with Gasteiger partial charge < -0.3 is 5.32 Å². The van der Waals surface area contributed by atoms with Gasteiger partial charge in [0, 0.05) is 6.54 Å². The lowest BCUT2D eigenvalue weighted by Gasteiger charge is -2.01. The van der Waals surface area contributed by atoms with Crippen LogP contribution in [-0.2, 0) is 6.54 Å². The molecule has 0 radical (unpaired) electrons. The minimum absolute atomic E-state index is 0.971. The molecule has 0 amide bonds. The van der Waals surface area contributed by atoms with Crippen LogP contribution >= 0.6 is 0 Å². The average molecular weight is 175 g/mol. The van der Waals surface area contributed by atoms with Crippen LogP contribution in [0.1, 0.15) is 18.9 Å². The molecule has 0 spiro atoms. The third kappa shape index (κ3) is 4.48. The summed E-state index contributed by atoms with van der Waals surface area (Å²) >= 11 is 0. The monoisotopic (exact) mass is 175 g/mol. The Balaban J connectivity index is 2.13. The Morgan fingerprint density at radius 3 is 2.69 bits per heavy atom. The maximum Gasteiger partial charge on any atom is 0.0205 e. The van der Waals surface area contributed by atoms with Crippen molar-refractivity contribution in [3.8, 4) is 0 Å². The van der Waals surface area contributed by atoms with Crippen molar-refractivity contribution in [2.45, 2.75) is 19.9 Å². The van der Waals surface area contributed by atoms with E-state index < -0.39 is 0 Å². The highest BCUT2D eigenvalue weighted by Gasteiger charge is 1.88. The molecular formula is C12H17N. The van der Waals surface area contributed by atoms with Crippen LogP contribution in [0.25, 0.3) is 0 Å². The van der Waals surface area contributed by atoms with Crippen molar-refractivity contribution >= 4 is 0 Å². The van der Waals surface area contributed by atoms with Gasteiger partial charge >= 0.3 is 0 Å². The largest absolute Gasteiger partial charge is 0.312 e. The molecule has 70 valence electrons. The summed E-state index contributed by atoms with van der Waals surface area (Å²) in [4.78, 5) is 0. The summed E-state index contributed by atoms with van der Waals surface area (Å²) in [5, 5.41) is 3.39. The normalized spacial score (nSPS) is 10.8. The number of benzene rings is 1.